The molecule has 17 rings (SSSR count). The summed E-state index contributed by atoms with van der Waals surface area (Å²) in [6.45, 7) is 4.76. The minimum Gasteiger partial charge on any atom is -0.0619 e. The highest BCUT2D eigenvalue weighted by molar-refractivity contribution is 6.28. The summed E-state index contributed by atoms with van der Waals surface area (Å²) in [6, 6.07) is 97.1. The van der Waals surface area contributed by atoms with Crippen molar-refractivity contribution >= 4 is 64.6 Å². The molecular formula is C76H48. The quantitative estimate of drug-likeness (QED) is 0.122. The van der Waals surface area contributed by atoms with Crippen LogP contribution in [-0.4, -0.2) is 0 Å². The third-order valence-electron chi connectivity index (χ3n) is 18.2. The van der Waals surface area contributed by atoms with E-state index in [1.165, 1.54) is 165 Å². The van der Waals surface area contributed by atoms with E-state index < -0.39 is 5.41 Å². The number of fused-ring (bicyclic) bond motifs is 25. The Morgan fingerprint density at radius 1 is 0.211 bits per heavy atom. The average molecular weight is 961 g/mol. The second-order valence-corrected chi connectivity index (χ2v) is 22.1. The van der Waals surface area contributed by atoms with Crippen LogP contribution >= 0.6 is 0 Å². The van der Waals surface area contributed by atoms with Gasteiger partial charge in [0.05, 0.1) is 5.41 Å². The van der Waals surface area contributed by atoms with Crippen LogP contribution in [-0.2, 0) is 10.8 Å². The van der Waals surface area contributed by atoms with E-state index in [9.17, 15) is 0 Å². The third-order valence-corrected chi connectivity index (χ3v) is 18.2. The van der Waals surface area contributed by atoms with Gasteiger partial charge in [-0.05, 0) is 183 Å². The highest BCUT2D eigenvalue weighted by Crippen LogP contribution is 2.68. The fourth-order valence-corrected chi connectivity index (χ4v) is 15.2. The molecule has 0 amide bonds. The average Bonchev–Trinajstić information content (AvgIpc) is 4.19. The standard InChI is InChI=1S/C76H48/c1-75(2)65-35-16-13-25-52(65)55-40-39-48(44-68(55)75)70-60-32-10-8-30-58(60)69(59-31-9-11-33-61(59)70)47-21-19-20-45(42-47)46-38-41-63-64(43-46)51-24-4-7-29-57(51)72-71-56-28-6-3-22-49(56)50-23-5-12-34-62(50)73(71)76(74(63)72)66-36-17-14-26-53(66)54-27-15-18-37-67(54)76/h3-44H,1-2H3. The number of hydrogen-bond donors (Lipinski definition) is 0. The van der Waals surface area contributed by atoms with Gasteiger partial charge in [0.1, 0.15) is 0 Å². The fourth-order valence-electron chi connectivity index (χ4n) is 15.2. The van der Waals surface area contributed by atoms with E-state index in [2.05, 4.69) is 269 Å². The first-order chi connectivity index (χ1) is 37.5. The van der Waals surface area contributed by atoms with Gasteiger partial charge in [0.25, 0.3) is 0 Å². The Labute approximate surface area is 441 Å². The number of benzene rings is 14. The van der Waals surface area contributed by atoms with Crippen molar-refractivity contribution < 1.29 is 0 Å². The molecule has 0 atom stereocenters. The molecule has 352 valence electrons. The normalized spacial score (nSPS) is 14.1. The fraction of sp³-hybridized carbons (Fsp3) is 0.0526. The molecule has 0 unspecified atom stereocenters. The Hall–Kier alpha value is -9.36. The van der Waals surface area contributed by atoms with Crippen LogP contribution in [0.5, 0.6) is 0 Å². The van der Waals surface area contributed by atoms with Gasteiger partial charge in [0.2, 0.25) is 0 Å². The van der Waals surface area contributed by atoms with E-state index in [1.54, 1.807) is 0 Å². The van der Waals surface area contributed by atoms with Crippen LogP contribution in [0, 0.1) is 0 Å². The van der Waals surface area contributed by atoms with Gasteiger partial charge in [-0.2, -0.15) is 0 Å². The van der Waals surface area contributed by atoms with Crippen LogP contribution in [0.4, 0.5) is 0 Å². The minimum atomic E-state index is -0.555. The van der Waals surface area contributed by atoms with Gasteiger partial charge in [-0.25, -0.2) is 0 Å². The maximum absolute atomic E-state index is 2.50. The summed E-state index contributed by atoms with van der Waals surface area (Å²) in [5.74, 6) is 0. The van der Waals surface area contributed by atoms with Crippen molar-refractivity contribution in [3.63, 3.8) is 0 Å². The first-order valence-electron chi connectivity index (χ1n) is 26.9. The van der Waals surface area contributed by atoms with Gasteiger partial charge >= 0.3 is 0 Å². The molecule has 0 bridgehead atoms. The molecule has 3 aliphatic carbocycles. The van der Waals surface area contributed by atoms with Crippen molar-refractivity contribution in [2.45, 2.75) is 24.7 Å². The van der Waals surface area contributed by atoms with Gasteiger partial charge in [-0.1, -0.05) is 250 Å². The van der Waals surface area contributed by atoms with Crippen LogP contribution in [0.3, 0.4) is 0 Å². The van der Waals surface area contributed by atoms with Gasteiger partial charge in [-0.3, -0.25) is 0 Å². The first kappa shape index (κ1) is 42.0. The molecule has 1 spiro atoms. The Kier molecular flexibility index (Phi) is 8.37. The Morgan fingerprint density at radius 3 is 1.12 bits per heavy atom. The predicted octanol–water partition coefficient (Wildman–Crippen LogP) is 20.3. The van der Waals surface area contributed by atoms with E-state index in [0.29, 0.717) is 0 Å². The maximum atomic E-state index is 2.50. The Bertz CT molecular complexity index is 4800. The van der Waals surface area contributed by atoms with Gasteiger partial charge in [0.15, 0.2) is 0 Å². The van der Waals surface area contributed by atoms with E-state index in [-0.39, 0.29) is 5.41 Å². The second-order valence-electron chi connectivity index (χ2n) is 22.1. The van der Waals surface area contributed by atoms with Gasteiger partial charge in [0, 0.05) is 5.41 Å². The first-order valence-corrected chi connectivity index (χ1v) is 26.9. The van der Waals surface area contributed by atoms with Crippen molar-refractivity contribution in [1.82, 2.24) is 0 Å². The van der Waals surface area contributed by atoms with Crippen molar-refractivity contribution in [3.8, 4) is 66.8 Å². The number of rotatable bonds is 3. The highest BCUT2D eigenvalue weighted by atomic mass is 14.5. The zero-order valence-corrected chi connectivity index (χ0v) is 42.2. The van der Waals surface area contributed by atoms with Crippen LogP contribution < -0.4 is 0 Å². The lowest BCUT2D eigenvalue weighted by Crippen LogP contribution is -2.26. The zero-order chi connectivity index (χ0) is 50.0. The van der Waals surface area contributed by atoms with Crippen molar-refractivity contribution in [3.05, 3.63) is 288 Å². The lowest BCUT2D eigenvalue weighted by Gasteiger charge is -2.33. The molecule has 0 saturated heterocycles. The van der Waals surface area contributed by atoms with Gasteiger partial charge < -0.3 is 0 Å². The SMILES string of the molecule is CC1(C)c2ccccc2-c2ccc(-c3c4ccccc4c(-c4cccc(-c5ccc6c7c(c8ccccc8c6c5)-c5c(c6ccccc6c6ccccc56)C75c6ccccc6-c6ccccc65)c4)c4ccccc34)cc21. The maximum Gasteiger partial charge on any atom is 0.0738 e. The molecule has 0 N–H and O–H groups in total. The topological polar surface area (TPSA) is 0 Å². The van der Waals surface area contributed by atoms with Crippen LogP contribution in [0.1, 0.15) is 47.2 Å². The largest absolute Gasteiger partial charge is 0.0738 e. The summed E-state index contributed by atoms with van der Waals surface area (Å²) in [6.07, 6.45) is 0. The molecule has 0 aliphatic heterocycles. The zero-order valence-electron chi connectivity index (χ0n) is 42.2. The van der Waals surface area contributed by atoms with Crippen molar-refractivity contribution in [2.24, 2.45) is 0 Å². The molecule has 14 aromatic carbocycles. The van der Waals surface area contributed by atoms with E-state index in [0.717, 1.165) is 0 Å². The molecule has 0 heteroatoms. The summed E-state index contributed by atoms with van der Waals surface area (Å²) in [5.41, 5.74) is 23.2. The van der Waals surface area contributed by atoms with Crippen molar-refractivity contribution in [1.29, 1.82) is 0 Å². The van der Waals surface area contributed by atoms with Crippen LogP contribution in [0.25, 0.3) is 131 Å². The summed E-state index contributed by atoms with van der Waals surface area (Å²) in [4.78, 5) is 0. The van der Waals surface area contributed by atoms with E-state index >= 15 is 0 Å². The monoisotopic (exact) mass is 960 g/mol. The molecule has 76 heavy (non-hydrogen) atoms. The minimum absolute atomic E-state index is 0.0907. The third kappa shape index (κ3) is 5.28. The number of hydrogen-bond acceptors (Lipinski definition) is 0. The Morgan fingerprint density at radius 2 is 0.566 bits per heavy atom. The second kappa shape index (κ2) is 15.1. The van der Waals surface area contributed by atoms with Crippen molar-refractivity contribution in [2.75, 3.05) is 0 Å². The molecule has 0 nitrogen and oxygen atoms in total. The van der Waals surface area contributed by atoms with E-state index in [1.807, 2.05) is 0 Å². The van der Waals surface area contributed by atoms with Crippen LogP contribution in [0.15, 0.2) is 255 Å². The van der Waals surface area contributed by atoms with E-state index in [4.69, 9.17) is 0 Å². The summed E-state index contributed by atoms with van der Waals surface area (Å²) in [5, 5.41) is 15.4. The highest BCUT2D eigenvalue weighted by Gasteiger charge is 2.54. The molecule has 0 saturated carbocycles. The molecule has 0 aromatic heterocycles. The van der Waals surface area contributed by atoms with Gasteiger partial charge in [-0.15, -0.1) is 0 Å². The molecule has 0 heterocycles. The molecular weight excluding hydrogens is 913 g/mol. The lowest BCUT2D eigenvalue weighted by molar-refractivity contribution is 0.660. The molecule has 0 radical (unpaired) electrons. The smallest absolute Gasteiger partial charge is 0.0619 e. The Balaban J connectivity index is 0.904. The molecule has 3 aliphatic rings. The summed E-state index contributed by atoms with van der Waals surface area (Å²) in [7, 11) is 0. The lowest BCUT2D eigenvalue weighted by atomic mass is 9.68. The summed E-state index contributed by atoms with van der Waals surface area (Å²) >= 11 is 0. The molecule has 14 aromatic rings. The molecule has 0 fully saturated rings. The van der Waals surface area contributed by atoms with Crippen LogP contribution in [0.2, 0.25) is 0 Å². The predicted molar refractivity (Wildman–Crippen MR) is 322 cm³/mol. The summed E-state index contributed by atoms with van der Waals surface area (Å²) < 4.78 is 0.